The van der Waals surface area contributed by atoms with Crippen LogP contribution in [0.3, 0.4) is 0 Å². The van der Waals surface area contributed by atoms with Crippen molar-refractivity contribution in [2.75, 3.05) is 38.2 Å². The van der Waals surface area contributed by atoms with Gasteiger partial charge in [-0.05, 0) is 31.2 Å². The van der Waals surface area contributed by atoms with Crippen LogP contribution in [0.2, 0.25) is 0 Å². The fourth-order valence-corrected chi connectivity index (χ4v) is 3.27. The van der Waals surface area contributed by atoms with Gasteiger partial charge in [-0.3, -0.25) is 4.99 Å². The highest BCUT2D eigenvalue weighted by atomic mass is 16.5. The number of nitrogens with zero attached hydrogens (tertiary/aromatic N) is 5. The number of hydrogen-bond donors (Lipinski definition) is 2. The normalized spacial score (nSPS) is 12.8. The van der Waals surface area contributed by atoms with Crippen molar-refractivity contribution in [1.82, 2.24) is 14.9 Å². The van der Waals surface area contributed by atoms with Crippen LogP contribution in [0.4, 0.5) is 11.5 Å². The van der Waals surface area contributed by atoms with Crippen LogP contribution in [-0.2, 0) is 0 Å². The molecule has 0 fully saturated rings. The Morgan fingerprint density at radius 3 is 2.61 bits per heavy atom. The smallest absolute Gasteiger partial charge is 0.327 e. The van der Waals surface area contributed by atoms with Crippen molar-refractivity contribution in [3.8, 4) is 35.2 Å². The van der Waals surface area contributed by atoms with E-state index >= 15 is 0 Å². The molecule has 33 heavy (non-hydrogen) atoms. The molecule has 0 saturated heterocycles. The molecule has 168 valence electrons. The lowest BCUT2D eigenvalue weighted by Gasteiger charge is -2.15. The molecule has 1 aliphatic rings. The van der Waals surface area contributed by atoms with E-state index in [4.69, 9.17) is 25.7 Å². The molecule has 1 aromatic heterocycles. The van der Waals surface area contributed by atoms with Crippen molar-refractivity contribution in [3.05, 3.63) is 53.6 Å². The number of nitrogens with two attached hydrogens (primary N) is 2. The van der Waals surface area contributed by atoms with Gasteiger partial charge < -0.3 is 30.6 Å². The van der Waals surface area contributed by atoms with Gasteiger partial charge in [-0.25, -0.2) is 0 Å². The van der Waals surface area contributed by atoms with Crippen molar-refractivity contribution in [3.63, 3.8) is 0 Å². The summed E-state index contributed by atoms with van der Waals surface area (Å²) in [7, 11) is 1.99. The van der Waals surface area contributed by atoms with Gasteiger partial charge in [0.1, 0.15) is 28.8 Å². The van der Waals surface area contributed by atoms with Crippen LogP contribution in [0.5, 0.6) is 29.1 Å². The van der Waals surface area contributed by atoms with E-state index in [0.29, 0.717) is 29.4 Å². The third-order valence-corrected chi connectivity index (χ3v) is 4.81. The van der Waals surface area contributed by atoms with Gasteiger partial charge in [0.05, 0.1) is 24.8 Å². The van der Waals surface area contributed by atoms with E-state index < -0.39 is 0 Å². The minimum atomic E-state index is -0.0305. The maximum Gasteiger partial charge on any atom is 0.327 e. The number of aromatic nitrogens is 2. The molecule has 0 radical (unpaired) electrons. The number of benzene rings is 2. The number of anilines is 2. The van der Waals surface area contributed by atoms with E-state index in [1.54, 1.807) is 24.3 Å². The van der Waals surface area contributed by atoms with Crippen LogP contribution >= 0.6 is 0 Å². The quantitative estimate of drug-likeness (QED) is 0.560. The van der Waals surface area contributed by atoms with Crippen molar-refractivity contribution in [2.24, 2.45) is 4.99 Å². The van der Waals surface area contributed by atoms with E-state index in [0.717, 1.165) is 24.5 Å². The zero-order valence-corrected chi connectivity index (χ0v) is 18.3. The zero-order valence-electron chi connectivity index (χ0n) is 18.3. The third kappa shape index (κ3) is 4.88. The molecule has 0 aliphatic carbocycles. The zero-order chi connectivity index (χ0) is 23.4. The Morgan fingerprint density at radius 2 is 1.88 bits per heavy atom. The van der Waals surface area contributed by atoms with E-state index in [2.05, 4.69) is 25.9 Å². The first-order valence-corrected chi connectivity index (χ1v) is 10.3. The molecule has 0 unspecified atom stereocenters. The number of aliphatic imine (C=N–C) groups is 1. The summed E-state index contributed by atoms with van der Waals surface area (Å²) in [5, 5.41) is 9.28. The number of likely N-dealkylation sites (N-methyl/N-ethyl adjacent to an activating group) is 1. The number of nitrogen functional groups attached to an aromatic ring is 2. The molecule has 2 heterocycles. The van der Waals surface area contributed by atoms with E-state index in [9.17, 15) is 5.26 Å². The fraction of sp³-hybridized carbons (Fsp3) is 0.217. The molecule has 0 spiro atoms. The SMILES string of the molecule is CCOc1cc(C#N)cc(Oc2nc(Oc3cccc(C4=NCCN4C)c3)nc(N)c2N)c1. The fourth-order valence-electron chi connectivity index (χ4n) is 3.27. The third-order valence-electron chi connectivity index (χ3n) is 4.81. The molecule has 4 rings (SSSR count). The Kier molecular flexibility index (Phi) is 6.13. The van der Waals surface area contributed by atoms with Crippen LogP contribution in [0.15, 0.2) is 47.5 Å². The first-order valence-electron chi connectivity index (χ1n) is 10.3. The summed E-state index contributed by atoms with van der Waals surface area (Å²) in [6.07, 6.45) is 0. The number of hydrogen-bond acceptors (Lipinski definition) is 10. The van der Waals surface area contributed by atoms with E-state index in [1.165, 1.54) is 0 Å². The first kappa shape index (κ1) is 21.7. The molecule has 10 heteroatoms. The Balaban J connectivity index is 1.61. The maximum atomic E-state index is 9.28. The van der Waals surface area contributed by atoms with Gasteiger partial charge in [0.25, 0.3) is 5.88 Å². The Hall–Kier alpha value is -4.52. The summed E-state index contributed by atoms with van der Waals surface area (Å²) in [6.45, 7) is 3.92. The van der Waals surface area contributed by atoms with Crippen molar-refractivity contribution < 1.29 is 14.2 Å². The summed E-state index contributed by atoms with van der Waals surface area (Å²) in [5.41, 5.74) is 13.3. The van der Waals surface area contributed by atoms with Gasteiger partial charge >= 0.3 is 6.01 Å². The average molecular weight is 445 g/mol. The van der Waals surface area contributed by atoms with Gasteiger partial charge in [0, 0.05) is 25.2 Å². The second-order valence-corrected chi connectivity index (χ2v) is 7.21. The summed E-state index contributed by atoms with van der Waals surface area (Å²) < 4.78 is 17.2. The Labute approximate surface area is 191 Å². The topological polar surface area (TPSA) is 145 Å². The molecule has 1 aliphatic heterocycles. The number of ether oxygens (including phenoxy) is 3. The van der Waals surface area contributed by atoms with Gasteiger partial charge in [-0.2, -0.15) is 15.2 Å². The molecular weight excluding hydrogens is 422 g/mol. The first-order chi connectivity index (χ1) is 16.0. The van der Waals surface area contributed by atoms with Crippen molar-refractivity contribution in [2.45, 2.75) is 6.92 Å². The Morgan fingerprint density at radius 1 is 1.06 bits per heavy atom. The maximum absolute atomic E-state index is 9.28. The minimum absolute atomic E-state index is 0.00564. The summed E-state index contributed by atoms with van der Waals surface area (Å²) in [4.78, 5) is 15.0. The molecule has 4 N–H and O–H groups in total. The number of nitriles is 1. The monoisotopic (exact) mass is 445 g/mol. The lowest BCUT2D eigenvalue weighted by molar-refractivity contribution is 0.337. The molecule has 0 bridgehead atoms. The van der Waals surface area contributed by atoms with Crippen LogP contribution in [-0.4, -0.2) is 47.4 Å². The van der Waals surface area contributed by atoms with Gasteiger partial charge in [-0.15, -0.1) is 0 Å². The summed E-state index contributed by atoms with van der Waals surface area (Å²) in [5.74, 6) is 2.22. The molecular formula is C23H23N7O3. The molecule has 3 aromatic rings. The molecule has 0 saturated carbocycles. The van der Waals surface area contributed by atoms with Gasteiger partial charge in [0.15, 0.2) is 5.82 Å². The molecule has 0 atom stereocenters. The number of rotatable bonds is 7. The average Bonchev–Trinajstić information content (AvgIpc) is 3.23. The van der Waals surface area contributed by atoms with Crippen molar-refractivity contribution in [1.29, 1.82) is 5.26 Å². The predicted molar refractivity (Wildman–Crippen MR) is 124 cm³/mol. The van der Waals surface area contributed by atoms with Crippen molar-refractivity contribution >= 4 is 17.3 Å². The van der Waals surface area contributed by atoms with Crippen LogP contribution < -0.4 is 25.7 Å². The van der Waals surface area contributed by atoms with Gasteiger partial charge in [0.2, 0.25) is 0 Å². The highest BCUT2D eigenvalue weighted by Gasteiger charge is 2.17. The van der Waals surface area contributed by atoms with Crippen LogP contribution in [0.25, 0.3) is 0 Å². The lowest BCUT2D eigenvalue weighted by atomic mass is 10.2. The molecule has 0 amide bonds. The highest BCUT2D eigenvalue weighted by Crippen LogP contribution is 2.34. The van der Waals surface area contributed by atoms with Gasteiger partial charge in [-0.1, -0.05) is 12.1 Å². The standard InChI is InChI=1S/C23H23N7O3/c1-3-31-17-9-14(13-24)10-18(12-17)32-22-19(25)20(26)28-23(29-22)33-16-6-4-5-15(11-16)21-27-7-8-30(21)2/h4-6,9-12H,3,7-8,25H2,1-2H3,(H2,26,28,29). The molecule has 2 aromatic carbocycles. The summed E-state index contributed by atoms with van der Waals surface area (Å²) in [6, 6.07) is 14.3. The minimum Gasteiger partial charge on any atom is -0.494 e. The second-order valence-electron chi connectivity index (χ2n) is 7.21. The van der Waals surface area contributed by atoms with Crippen LogP contribution in [0.1, 0.15) is 18.1 Å². The number of amidine groups is 1. The van der Waals surface area contributed by atoms with E-state index in [-0.39, 0.29) is 23.4 Å². The summed E-state index contributed by atoms with van der Waals surface area (Å²) >= 11 is 0. The predicted octanol–water partition coefficient (Wildman–Crippen LogP) is 3.19. The van der Waals surface area contributed by atoms with E-state index in [1.807, 2.05) is 32.2 Å². The molecule has 10 nitrogen and oxygen atoms in total. The largest absolute Gasteiger partial charge is 0.494 e. The second kappa shape index (κ2) is 9.32. The highest BCUT2D eigenvalue weighted by molar-refractivity contribution is 5.99. The Bertz CT molecular complexity index is 1250. The van der Waals surface area contributed by atoms with Crippen LogP contribution in [0, 0.1) is 11.3 Å². The lowest BCUT2D eigenvalue weighted by Crippen LogP contribution is -2.23.